The minimum absolute atomic E-state index is 0.600. The maximum atomic E-state index is 5.54. The number of nitrogens with zero attached hydrogens (tertiary/aromatic N) is 1. The molecule has 0 saturated heterocycles. The fourth-order valence-corrected chi connectivity index (χ4v) is 1.47. The molecule has 16 heavy (non-hydrogen) atoms. The van der Waals surface area contributed by atoms with E-state index in [0.29, 0.717) is 11.8 Å². The van der Waals surface area contributed by atoms with Crippen LogP contribution < -0.4 is 9.47 Å². The van der Waals surface area contributed by atoms with Crippen LogP contribution in [0.1, 0.15) is 39.0 Å². The Kier molecular flexibility index (Phi) is 6.38. The molecule has 0 saturated carbocycles. The van der Waals surface area contributed by atoms with Crippen LogP contribution >= 0.6 is 0 Å². The largest absolute Gasteiger partial charge is 0.481 e. The van der Waals surface area contributed by atoms with Crippen LogP contribution in [0.4, 0.5) is 0 Å². The van der Waals surface area contributed by atoms with Gasteiger partial charge in [0.05, 0.1) is 13.7 Å². The molecule has 0 atom stereocenters. The highest BCUT2D eigenvalue weighted by molar-refractivity contribution is 5.19. The van der Waals surface area contributed by atoms with Crippen molar-refractivity contribution >= 4 is 0 Å². The molecule has 0 aromatic carbocycles. The Morgan fingerprint density at radius 1 is 1.06 bits per heavy atom. The average Bonchev–Trinajstić information content (AvgIpc) is 2.34. The Balaban J connectivity index is 2.16. The Bertz CT molecular complexity index is 289. The van der Waals surface area contributed by atoms with Crippen LogP contribution in [0.2, 0.25) is 0 Å². The van der Waals surface area contributed by atoms with Gasteiger partial charge in [-0.2, -0.15) is 4.98 Å². The van der Waals surface area contributed by atoms with Gasteiger partial charge in [0.1, 0.15) is 0 Å². The lowest BCUT2D eigenvalue weighted by Gasteiger charge is -2.06. The van der Waals surface area contributed by atoms with E-state index in [1.807, 2.05) is 18.2 Å². The molecule has 0 aliphatic heterocycles. The standard InChI is InChI=1S/C13H21NO2/c1-3-4-5-6-7-11-16-13-10-8-9-12(14-13)15-2/h8-10H,3-7,11H2,1-2H3. The van der Waals surface area contributed by atoms with Gasteiger partial charge in [0.15, 0.2) is 0 Å². The Labute approximate surface area is 97.8 Å². The highest BCUT2D eigenvalue weighted by Gasteiger charge is 1.97. The van der Waals surface area contributed by atoms with Crippen molar-refractivity contribution in [2.75, 3.05) is 13.7 Å². The van der Waals surface area contributed by atoms with E-state index in [-0.39, 0.29) is 0 Å². The lowest BCUT2D eigenvalue weighted by atomic mass is 10.2. The summed E-state index contributed by atoms with van der Waals surface area (Å²) < 4.78 is 10.6. The molecule has 3 heteroatoms. The van der Waals surface area contributed by atoms with Gasteiger partial charge in [-0.1, -0.05) is 38.7 Å². The quantitative estimate of drug-likeness (QED) is 0.633. The van der Waals surface area contributed by atoms with Crippen molar-refractivity contribution in [2.24, 2.45) is 0 Å². The second-order valence-electron chi connectivity index (χ2n) is 3.78. The number of rotatable bonds is 8. The zero-order chi connectivity index (χ0) is 11.6. The monoisotopic (exact) mass is 223 g/mol. The van der Waals surface area contributed by atoms with Gasteiger partial charge in [0, 0.05) is 12.1 Å². The van der Waals surface area contributed by atoms with Crippen molar-refractivity contribution in [1.29, 1.82) is 0 Å². The maximum absolute atomic E-state index is 5.54. The molecule has 1 heterocycles. The molecule has 0 aliphatic rings. The first-order chi connectivity index (χ1) is 7.86. The van der Waals surface area contributed by atoms with E-state index in [1.54, 1.807) is 7.11 Å². The van der Waals surface area contributed by atoms with Gasteiger partial charge in [0.2, 0.25) is 11.8 Å². The molecular weight excluding hydrogens is 202 g/mol. The van der Waals surface area contributed by atoms with Crippen LogP contribution in [0.5, 0.6) is 11.8 Å². The Hall–Kier alpha value is -1.25. The Morgan fingerprint density at radius 3 is 2.56 bits per heavy atom. The van der Waals surface area contributed by atoms with Gasteiger partial charge in [-0.15, -0.1) is 0 Å². The zero-order valence-corrected chi connectivity index (χ0v) is 10.2. The fourth-order valence-electron chi connectivity index (χ4n) is 1.47. The van der Waals surface area contributed by atoms with E-state index >= 15 is 0 Å². The normalized spacial score (nSPS) is 10.1. The fraction of sp³-hybridized carbons (Fsp3) is 0.615. The molecule has 0 fully saturated rings. The first kappa shape index (κ1) is 12.8. The first-order valence-corrected chi connectivity index (χ1v) is 6.00. The van der Waals surface area contributed by atoms with Crippen molar-refractivity contribution in [3.8, 4) is 11.8 Å². The molecule has 0 unspecified atom stereocenters. The summed E-state index contributed by atoms with van der Waals surface area (Å²) in [4.78, 5) is 4.18. The van der Waals surface area contributed by atoms with Crippen molar-refractivity contribution in [3.05, 3.63) is 18.2 Å². The van der Waals surface area contributed by atoms with Crippen LogP contribution in [-0.2, 0) is 0 Å². The second-order valence-corrected chi connectivity index (χ2v) is 3.78. The SMILES string of the molecule is CCCCCCCOc1cccc(OC)n1. The van der Waals surface area contributed by atoms with Gasteiger partial charge in [-0.25, -0.2) is 0 Å². The molecule has 0 N–H and O–H groups in total. The summed E-state index contributed by atoms with van der Waals surface area (Å²) in [6, 6.07) is 5.56. The average molecular weight is 223 g/mol. The molecule has 0 spiro atoms. The van der Waals surface area contributed by atoms with E-state index in [0.717, 1.165) is 13.0 Å². The number of methoxy groups -OCH3 is 1. The molecule has 0 radical (unpaired) electrons. The van der Waals surface area contributed by atoms with E-state index in [9.17, 15) is 0 Å². The topological polar surface area (TPSA) is 31.4 Å². The van der Waals surface area contributed by atoms with E-state index in [1.165, 1.54) is 25.7 Å². The number of hydrogen-bond acceptors (Lipinski definition) is 3. The van der Waals surface area contributed by atoms with Crippen molar-refractivity contribution in [1.82, 2.24) is 4.98 Å². The summed E-state index contributed by atoms with van der Waals surface area (Å²) in [7, 11) is 1.61. The smallest absolute Gasteiger partial charge is 0.216 e. The van der Waals surface area contributed by atoms with Gasteiger partial charge in [-0.05, 0) is 6.42 Å². The summed E-state index contributed by atoms with van der Waals surface area (Å²) >= 11 is 0. The maximum Gasteiger partial charge on any atom is 0.216 e. The van der Waals surface area contributed by atoms with Crippen LogP contribution in [0.3, 0.4) is 0 Å². The minimum Gasteiger partial charge on any atom is -0.481 e. The summed E-state index contributed by atoms with van der Waals surface area (Å²) in [6.07, 6.45) is 6.22. The predicted octanol–water partition coefficient (Wildman–Crippen LogP) is 3.44. The molecule has 1 aromatic rings. The third kappa shape index (κ3) is 5.01. The lowest BCUT2D eigenvalue weighted by Crippen LogP contribution is -1.99. The first-order valence-electron chi connectivity index (χ1n) is 6.00. The molecule has 1 rings (SSSR count). The summed E-state index contributed by atoms with van der Waals surface area (Å²) in [6.45, 7) is 2.96. The van der Waals surface area contributed by atoms with Crippen molar-refractivity contribution < 1.29 is 9.47 Å². The number of aromatic nitrogens is 1. The van der Waals surface area contributed by atoms with E-state index < -0.39 is 0 Å². The number of pyridine rings is 1. The Morgan fingerprint density at radius 2 is 1.81 bits per heavy atom. The zero-order valence-electron chi connectivity index (χ0n) is 10.2. The number of hydrogen-bond donors (Lipinski definition) is 0. The van der Waals surface area contributed by atoms with E-state index in [4.69, 9.17) is 9.47 Å². The van der Waals surface area contributed by atoms with Crippen LogP contribution in [0.15, 0.2) is 18.2 Å². The minimum atomic E-state index is 0.600. The number of ether oxygens (including phenoxy) is 2. The number of unbranched alkanes of at least 4 members (excludes halogenated alkanes) is 4. The van der Waals surface area contributed by atoms with Crippen molar-refractivity contribution in [3.63, 3.8) is 0 Å². The second kappa shape index (κ2) is 7.97. The summed E-state index contributed by atoms with van der Waals surface area (Å²) in [5.74, 6) is 1.25. The van der Waals surface area contributed by atoms with E-state index in [2.05, 4.69) is 11.9 Å². The van der Waals surface area contributed by atoms with Crippen LogP contribution in [0, 0.1) is 0 Å². The van der Waals surface area contributed by atoms with Crippen LogP contribution in [-0.4, -0.2) is 18.7 Å². The molecule has 90 valence electrons. The molecule has 0 amide bonds. The molecular formula is C13H21NO2. The molecule has 3 nitrogen and oxygen atoms in total. The van der Waals surface area contributed by atoms with Gasteiger partial charge in [-0.3, -0.25) is 0 Å². The summed E-state index contributed by atoms with van der Waals surface area (Å²) in [5.41, 5.74) is 0. The van der Waals surface area contributed by atoms with Gasteiger partial charge < -0.3 is 9.47 Å². The van der Waals surface area contributed by atoms with Crippen LogP contribution in [0.25, 0.3) is 0 Å². The molecule has 1 aromatic heterocycles. The molecule has 0 bridgehead atoms. The van der Waals surface area contributed by atoms with Crippen molar-refractivity contribution in [2.45, 2.75) is 39.0 Å². The lowest BCUT2D eigenvalue weighted by molar-refractivity contribution is 0.287. The molecule has 0 aliphatic carbocycles. The van der Waals surface area contributed by atoms with Gasteiger partial charge in [0.25, 0.3) is 0 Å². The third-order valence-corrected chi connectivity index (χ3v) is 2.40. The highest BCUT2D eigenvalue weighted by atomic mass is 16.5. The van der Waals surface area contributed by atoms with Gasteiger partial charge >= 0.3 is 0 Å². The third-order valence-electron chi connectivity index (χ3n) is 2.40. The predicted molar refractivity (Wildman–Crippen MR) is 65.0 cm³/mol. The highest BCUT2D eigenvalue weighted by Crippen LogP contribution is 2.13. The summed E-state index contributed by atoms with van der Waals surface area (Å²) in [5, 5.41) is 0.